The highest BCUT2D eigenvalue weighted by Crippen LogP contribution is 2.20. The fourth-order valence-corrected chi connectivity index (χ4v) is 1.53. The third kappa shape index (κ3) is 4.82. The molecule has 0 aromatic heterocycles. The Morgan fingerprint density at radius 3 is 2.82 bits per heavy atom. The molecule has 6 heteroatoms. The average molecular weight is 246 g/mol. The van der Waals surface area contributed by atoms with Crippen molar-refractivity contribution in [2.24, 2.45) is 0 Å². The fourth-order valence-electron chi connectivity index (χ4n) is 1.53. The summed E-state index contributed by atoms with van der Waals surface area (Å²) in [5.74, 6) is -1.00. The van der Waals surface area contributed by atoms with Crippen molar-refractivity contribution in [1.82, 2.24) is 0 Å². The lowest BCUT2D eigenvalue weighted by atomic mass is 10.0. The first-order chi connectivity index (χ1) is 8.00. The summed E-state index contributed by atoms with van der Waals surface area (Å²) in [6.45, 7) is 1.96. The van der Waals surface area contributed by atoms with Gasteiger partial charge in [0.1, 0.15) is 6.10 Å². The summed E-state index contributed by atoms with van der Waals surface area (Å²) >= 11 is 0. The van der Waals surface area contributed by atoms with Crippen LogP contribution in [0.15, 0.2) is 12.2 Å². The molecule has 0 aromatic carbocycles. The van der Waals surface area contributed by atoms with Crippen LogP contribution < -0.4 is 0 Å². The fraction of sp³-hybridized carbons (Fsp3) is 0.727. The molecule has 1 saturated heterocycles. The van der Waals surface area contributed by atoms with E-state index in [-0.39, 0.29) is 19.1 Å². The van der Waals surface area contributed by atoms with E-state index >= 15 is 0 Å². The number of aliphatic carboxylic acids is 1. The number of hydrogen-bond acceptors (Lipinski definition) is 5. The third-order valence-electron chi connectivity index (χ3n) is 2.51. The quantitative estimate of drug-likeness (QED) is 0.462. The van der Waals surface area contributed by atoms with Crippen molar-refractivity contribution < 1.29 is 29.6 Å². The zero-order valence-corrected chi connectivity index (χ0v) is 9.65. The van der Waals surface area contributed by atoms with Crippen molar-refractivity contribution in [3.63, 3.8) is 0 Å². The highest BCUT2D eigenvalue weighted by atomic mass is 16.7. The smallest absolute Gasteiger partial charge is 0.327 e. The summed E-state index contributed by atoms with van der Waals surface area (Å²) in [6, 6.07) is 0. The number of carbonyl (C=O) groups is 1. The number of hydrogen-bond donors (Lipinski definition) is 3. The SMILES string of the molecule is CC1OC(OCC/C=C/C(=O)O)C(O)CC1O. The summed E-state index contributed by atoms with van der Waals surface area (Å²) in [5, 5.41) is 27.3. The van der Waals surface area contributed by atoms with Crippen LogP contribution in [0.4, 0.5) is 0 Å². The lowest BCUT2D eigenvalue weighted by Gasteiger charge is -2.35. The van der Waals surface area contributed by atoms with Gasteiger partial charge in [0.05, 0.1) is 18.8 Å². The van der Waals surface area contributed by atoms with E-state index in [1.807, 2.05) is 0 Å². The van der Waals surface area contributed by atoms with E-state index in [1.54, 1.807) is 6.92 Å². The van der Waals surface area contributed by atoms with Crippen molar-refractivity contribution >= 4 is 5.97 Å². The van der Waals surface area contributed by atoms with Crippen LogP contribution in [-0.2, 0) is 14.3 Å². The van der Waals surface area contributed by atoms with Crippen LogP contribution in [0, 0.1) is 0 Å². The Morgan fingerprint density at radius 2 is 2.18 bits per heavy atom. The Labute approximate surface area is 99.5 Å². The largest absolute Gasteiger partial charge is 0.478 e. The molecular weight excluding hydrogens is 228 g/mol. The summed E-state index contributed by atoms with van der Waals surface area (Å²) in [6.07, 6.45) is 0.474. The number of ether oxygens (including phenoxy) is 2. The molecule has 0 spiro atoms. The molecule has 0 amide bonds. The molecule has 17 heavy (non-hydrogen) atoms. The molecule has 4 unspecified atom stereocenters. The molecule has 6 nitrogen and oxygen atoms in total. The van der Waals surface area contributed by atoms with Gasteiger partial charge in [-0.25, -0.2) is 4.79 Å². The van der Waals surface area contributed by atoms with Crippen LogP contribution in [0.5, 0.6) is 0 Å². The van der Waals surface area contributed by atoms with E-state index in [0.717, 1.165) is 6.08 Å². The second-order valence-corrected chi connectivity index (χ2v) is 3.98. The molecule has 0 radical (unpaired) electrons. The third-order valence-corrected chi connectivity index (χ3v) is 2.51. The molecule has 1 heterocycles. The molecule has 0 aliphatic carbocycles. The van der Waals surface area contributed by atoms with Gasteiger partial charge in [-0.05, 0) is 13.3 Å². The Hall–Kier alpha value is -0.950. The second-order valence-electron chi connectivity index (χ2n) is 3.98. The summed E-state index contributed by atoms with van der Waals surface area (Å²) in [5.41, 5.74) is 0. The molecule has 0 saturated carbocycles. The number of aliphatic hydroxyl groups excluding tert-OH is 2. The maximum Gasteiger partial charge on any atom is 0.327 e. The van der Waals surface area contributed by atoms with Gasteiger partial charge >= 0.3 is 5.97 Å². The second kappa shape index (κ2) is 6.70. The van der Waals surface area contributed by atoms with E-state index in [4.69, 9.17) is 14.6 Å². The molecule has 4 atom stereocenters. The maximum absolute atomic E-state index is 10.2. The molecule has 1 rings (SSSR count). The highest BCUT2D eigenvalue weighted by molar-refractivity contribution is 5.79. The van der Waals surface area contributed by atoms with Crippen molar-refractivity contribution in [1.29, 1.82) is 0 Å². The Bertz CT molecular complexity index is 277. The minimum Gasteiger partial charge on any atom is -0.478 e. The molecule has 1 aliphatic heterocycles. The molecule has 0 aromatic rings. The molecule has 1 fully saturated rings. The predicted octanol–water partition coefficient (Wildman–Crippen LogP) is -0.109. The molecular formula is C11H18O6. The standard InChI is InChI=1S/C11H18O6/c1-7-8(12)6-9(13)11(17-7)16-5-3-2-4-10(14)15/h2,4,7-9,11-13H,3,5-6H2,1H3,(H,14,15)/b4-2+. The number of aliphatic hydroxyl groups is 2. The van der Waals surface area contributed by atoms with Gasteiger partial charge in [0.25, 0.3) is 0 Å². The van der Waals surface area contributed by atoms with Gasteiger partial charge in [-0.2, -0.15) is 0 Å². The van der Waals surface area contributed by atoms with Crippen molar-refractivity contribution in [2.45, 2.75) is 44.4 Å². The first kappa shape index (κ1) is 14.1. The van der Waals surface area contributed by atoms with Gasteiger partial charge in [0.2, 0.25) is 0 Å². The maximum atomic E-state index is 10.2. The summed E-state index contributed by atoms with van der Waals surface area (Å²) in [7, 11) is 0. The van der Waals surface area contributed by atoms with Crippen molar-refractivity contribution in [3.05, 3.63) is 12.2 Å². The van der Waals surface area contributed by atoms with Crippen molar-refractivity contribution in [3.8, 4) is 0 Å². The predicted molar refractivity (Wildman–Crippen MR) is 58.3 cm³/mol. The Balaban J connectivity index is 2.24. The molecule has 0 bridgehead atoms. The number of rotatable bonds is 5. The average Bonchev–Trinajstić information content (AvgIpc) is 2.24. The first-order valence-corrected chi connectivity index (χ1v) is 5.53. The van der Waals surface area contributed by atoms with Crippen LogP contribution in [0.2, 0.25) is 0 Å². The lowest BCUT2D eigenvalue weighted by Crippen LogP contribution is -2.47. The summed E-state index contributed by atoms with van der Waals surface area (Å²) in [4.78, 5) is 10.2. The normalized spacial score (nSPS) is 34.1. The van der Waals surface area contributed by atoms with E-state index in [0.29, 0.717) is 6.42 Å². The van der Waals surface area contributed by atoms with Gasteiger partial charge in [-0.1, -0.05) is 6.08 Å². The zero-order valence-electron chi connectivity index (χ0n) is 9.65. The van der Waals surface area contributed by atoms with Crippen LogP contribution >= 0.6 is 0 Å². The van der Waals surface area contributed by atoms with Crippen LogP contribution in [0.3, 0.4) is 0 Å². The van der Waals surface area contributed by atoms with Crippen molar-refractivity contribution in [2.75, 3.05) is 6.61 Å². The highest BCUT2D eigenvalue weighted by Gasteiger charge is 2.34. The van der Waals surface area contributed by atoms with E-state index < -0.39 is 24.5 Å². The monoisotopic (exact) mass is 246 g/mol. The summed E-state index contributed by atoms with van der Waals surface area (Å²) < 4.78 is 10.5. The topological polar surface area (TPSA) is 96.2 Å². The Kier molecular flexibility index (Phi) is 5.57. The van der Waals surface area contributed by atoms with Crippen LogP contribution in [0.1, 0.15) is 19.8 Å². The first-order valence-electron chi connectivity index (χ1n) is 5.53. The zero-order chi connectivity index (χ0) is 12.8. The van der Waals surface area contributed by atoms with E-state index in [1.165, 1.54) is 6.08 Å². The van der Waals surface area contributed by atoms with Gasteiger partial charge in [-0.3, -0.25) is 0 Å². The molecule has 98 valence electrons. The minimum atomic E-state index is -1.00. The molecule has 3 N–H and O–H groups in total. The number of carboxylic acids is 1. The lowest BCUT2D eigenvalue weighted by molar-refractivity contribution is -0.260. The number of carboxylic acid groups (broad SMARTS) is 1. The molecule has 1 aliphatic rings. The van der Waals surface area contributed by atoms with Gasteiger partial charge in [0.15, 0.2) is 6.29 Å². The van der Waals surface area contributed by atoms with Gasteiger partial charge in [-0.15, -0.1) is 0 Å². The van der Waals surface area contributed by atoms with Gasteiger partial charge in [0, 0.05) is 12.5 Å². The van der Waals surface area contributed by atoms with Crippen LogP contribution in [-0.4, -0.2) is 52.5 Å². The Morgan fingerprint density at radius 1 is 1.47 bits per heavy atom. The minimum absolute atomic E-state index is 0.219. The van der Waals surface area contributed by atoms with E-state index in [9.17, 15) is 15.0 Å². The van der Waals surface area contributed by atoms with Crippen LogP contribution in [0.25, 0.3) is 0 Å². The van der Waals surface area contributed by atoms with E-state index in [2.05, 4.69) is 0 Å². The van der Waals surface area contributed by atoms with Gasteiger partial charge < -0.3 is 24.8 Å².